The molecule has 0 amide bonds. The van der Waals surface area contributed by atoms with E-state index in [0.29, 0.717) is 18.2 Å². The number of likely N-dealkylation sites (N-methyl/N-ethyl adjacent to an activating group) is 1. The fourth-order valence-corrected chi connectivity index (χ4v) is 2.60. The number of nitriles is 1. The van der Waals surface area contributed by atoms with Crippen molar-refractivity contribution in [1.82, 2.24) is 10.2 Å². The van der Waals surface area contributed by atoms with E-state index in [4.69, 9.17) is 5.26 Å². The van der Waals surface area contributed by atoms with Gasteiger partial charge in [-0.2, -0.15) is 5.26 Å². The molecule has 1 saturated heterocycles. The van der Waals surface area contributed by atoms with Crippen LogP contribution in [0, 0.1) is 17.1 Å². The van der Waals surface area contributed by atoms with Gasteiger partial charge < -0.3 is 10.2 Å². The van der Waals surface area contributed by atoms with Crippen LogP contribution in [0.1, 0.15) is 30.4 Å². The lowest BCUT2D eigenvalue weighted by molar-refractivity contribution is 0.181. The van der Waals surface area contributed by atoms with Crippen molar-refractivity contribution in [1.29, 1.82) is 5.26 Å². The fourth-order valence-electron chi connectivity index (χ4n) is 2.60. The summed E-state index contributed by atoms with van der Waals surface area (Å²) in [4.78, 5) is 2.38. The number of hydrogen-bond acceptors (Lipinski definition) is 3. The SMILES string of the molecule is CN1CCCCC1CNCc1cc(F)cc(C#N)c1. The summed E-state index contributed by atoms with van der Waals surface area (Å²) in [5.74, 6) is -0.342. The highest BCUT2D eigenvalue weighted by molar-refractivity contribution is 5.33. The molecule has 0 aromatic heterocycles. The Hall–Kier alpha value is -1.44. The monoisotopic (exact) mass is 261 g/mol. The van der Waals surface area contributed by atoms with Crippen LogP contribution >= 0.6 is 0 Å². The Morgan fingerprint density at radius 1 is 1.42 bits per heavy atom. The zero-order chi connectivity index (χ0) is 13.7. The second-order valence-corrected chi connectivity index (χ2v) is 5.22. The summed E-state index contributed by atoms with van der Waals surface area (Å²) in [7, 11) is 2.15. The van der Waals surface area contributed by atoms with Crippen molar-refractivity contribution in [2.24, 2.45) is 0 Å². The highest BCUT2D eigenvalue weighted by atomic mass is 19.1. The van der Waals surface area contributed by atoms with Crippen molar-refractivity contribution in [2.45, 2.75) is 31.8 Å². The molecule has 3 nitrogen and oxygen atoms in total. The van der Waals surface area contributed by atoms with Crippen molar-refractivity contribution >= 4 is 0 Å². The number of halogens is 1. The predicted molar refractivity (Wildman–Crippen MR) is 73.1 cm³/mol. The zero-order valence-corrected chi connectivity index (χ0v) is 11.3. The van der Waals surface area contributed by atoms with Crippen LogP contribution in [0.2, 0.25) is 0 Å². The van der Waals surface area contributed by atoms with Crippen molar-refractivity contribution in [3.63, 3.8) is 0 Å². The van der Waals surface area contributed by atoms with Crippen LogP contribution in [0.3, 0.4) is 0 Å². The Balaban J connectivity index is 1.85. The lowest BCUT2D eigenvalue weighted by atomic mass is 10.0. The topological polar surface area (TPSA) is 39.1 Å². The van der Waals surface area contributed by atoms with Crippen LogP contribution in [0.25, 0.3) is 0 Å². The van der Waals surface area contributed by atoms with E-state index in [-0.39, 0.29) is 5.82 Å². The fraction of sp³-hybridized carbons (Fsp3) is 0.533. The van der Waals surface area contributed by atoms with Crippen molar-refractivity contribution in [3.05, 3.63) is 35.1 Å². The second kappa shape index (κ2) is 6.65. The molecular formula is C15H20FN3. The number of rotatable bonds is 4. The van der Waals surface area contributed by atoms with Crippen LogP contribution in [0.15, 0.2) is 18.2 Å². The van der Waals surface area contributed by atoms with E-state index in [9.17, 15) is 4.39 Å². The Labute approximate surface area is 114 Å². The molecule has 0 radical (unpaired) electrons. The summed E-state index contributed by atoms with van der Waals surface area (Å²) in [6.07, 6.45) is 3.79. The highest BCUT2D eigenvalue weighted by Gasteiger charge is 2.17. The first kappa shape index (κ1) is 14.0. The molecule has 1 aliphatic rings. The third-order valence-corrected chi connectivity index (χ3v) is 3.72. The Bertz CT molecular complexity index is 467. The van der Waals surface area contributed by atoms with Crippen LogP contribution < -0.4 is 5.32 Å². The van der Waals surface area contributed by atoms with Crippen LogP contribution in [-0.2, 0) is 6.54 Å². The summed E-state index contributed by atoms with van der Waals surface area (Å²) >= 11 is 0. The smallest absolute Gasteiger partial charge is 0.124 e. The summed E-state index contributed by atoms with van der Waals surface area (Å²) in [5.41, 5.74) is 1.21. The average molecular weight is 261 g/mol. The molecule has 19 heavy (non-hydrogen) atoms. The maximum atomic E-state index is 13.3. The molecule has 1 aromatic carbocycles. The number of piperidine rings is 1. The van der Waals surface area contributed by atoms with Crippen LogP contribution in [-0.4, -0.2) is 31.1 Å². The van der Waals surface area contributed by atoms with Gasteiger partial charge in [0.1, 0.15) is 5.82 Å². The molecular weight excluding hydrogens is 241 g/mol. The van der Waals surface area contributed by atoms with Crippen LogP contribution in [0.5, 0.6) is 0 Å². The van der Waals surface area contributed by atoms with E-state index in [0.717, 1.165) is 18.7 Å². The summed E-state index contributed by atoms with van der Waals surface area (Å²) < 4.78 is 13.3. The lowest BCUT2D eigenvalue weighted by Crippen LogP contribution is -2.42. The van der Waals surface area contributed by atoms with E-state index in [1.165, 1.54) is 31.4 Å². The van der Waals surface area contributed by atoms with E-state index in [2.05, 4.69) is 17.3 Å². The van der Waals surface area contributed by atoms with Gasteiger partial charge in [-0.25, -0.2) is 4.39 Å². The van der Waals surface area contributed by atoms with Gasteiger partial charge in [-0.1, -0.05) is 6.42 Å². The molecule has 0 bridgehead atoms. The molecule has 2 rings (SSSR count). The second-order valence-electron chi connectivity index (χ2n) is 5.22. The van der Waals surface area contributed by atoms with Gasteiger partial charge in [0.2, 0.25) is 0 Å². The molecule has 1 atom stereocenters. The maximum absolute atomic E-state index is 13.3. The predicted octanol–water partition coefficient (Wildman–Crippen LogP) is 2.27. The highest BCUT2D eigenvalue weighted by Crippen LogP contribution is 2.14. The molecule has 4 heteroatoms. The van der Waals surface area contributed by atoms with Gasteiger partial charge in [-0.05, 0) is 50.2 Å². The van der Waals surface area contributed by atoms with E-state index < -0.39 is 0 Å². The first-order valence-electron chi connectivity index (χ1n) is 6.79. The Kier molecular flexibility index (Phi) is 4.89. The largest absolute Gasteiger partial charge is 0.311 e. The average Bonchev–Trinajstić information content (AvgIpc) is 2.40. The molecule has 102 valence electrons. The first-order chi connectivity index (χ1) is 9.19. The van der Waals surface area contributed by atoms with Gasteiger partial charge in [-0.3, -0.25) is 0 Å². The molecule has 1 aromatic rings. The summed E-state index contributed by atoms with van der Waals surface area (Å²) in [6, 6.07) is 7.03. The molecule has 1 fully saturated rings. The lowest BCUT2D eigenvalue weighted by Gasteiger charge is -2.32. The standard InChI is InChI=1S/C15H20FN3/c1-19-5-3-2-4-15(19)11-18-10-13-6-12(9-17)7-14(16)8-13/h6-8,15,18H,2-5,10-11H2,1H3. The normalized spacial score (nSPS) is 20.2. The quantitative estimate of drug-likeness (QED) is 0.903. The zero-order valence-electron chi connectivity index (χ0n) is 11.3. The molecule has 1 aliphatic heterocycles. The minimum Gasteiger partial charge on any atom is -0.311 e. The molecule has 1 heterocycles. The van der Waals surface area contributed by atoms with Gasteiger partial charge >= 0.3 is 0 Å². The van der Waals surface area contributed by atoms with Crippen molar-refractivity contribution < 1.29 is 4.39 Å². The van der Waals surface area contributed by atoms with Gasteiger partial charge in [0.25, 0.3) is 0 Å². The number of likely N-dealkylation sites (tertiary alicyclic amines) is 1. The minimum absolute atomic E-state index is 0.342. The van der Waals surface area contributed by atoms with Crippen LogP contribution in [0.4, 0.5) is 4.39 Å². The number of benzene rings is 1. The molecule has 0 aliphatic carbocycles. The van der Waals surface area contributed by atoms with E-state index in [1.54, 1.807) is 6.07 Å². The number of nitrogens with zero attached hydrogens (tertiary/aromatic N) is 2. The van der Waals surface area contributed by atoms with Gasteiger partial charge in [0.05, 0.1) is 11.6 Å². The third kappa shape index (κ3) is 4.02. The Morgan fingerprint density at radius 2 is 2.26 bits per heavy atom. The third-order valence-electron chi connectivity index (χ3n) is 3.72. The van der Waals surface area contributed by atoms with Gasteiger partial charge in [0.15, 0.2) is 0 Å². The molecule has 0 saturated carbocycles. The van der Waals surface area contributed by atoms with E-state index in [1.807, 2.05) is 6.07 Å². The summed E-state index contributed by atoms with van der Waals surface area (Å²) in [6.45, 7) is 2.68. The van der Waals surface area contributed by atoms with Gasteiger partial charge in [-0.15, -0.1) is 0 Å². The minimum atomic E-state index is -0.342. The first-order valence-corrected chi connectivity index (χ1v) is 6.79. The maximum Gasteiger partial charge on any atom is 0.124 e. The molecule has 0 spiro atoms. The molecule has 1 N–H and O–H groups in total. The van der Waals surface area contributed by atoms with Crippen molar-refractivity contribution in [3.8, 4) is 6.07 Å². The number of nitrogens with one attached hydrogen (secondary N) is 1. The van der Waals surface area contributed by atoms with E-state index >= 15 is 0 Å². The Morgan fingerprint density at radius 3 is 3.00 bits per heavy atom. The van der Waals surface area contributed by atoms with Crippen molar-refractivity contribution in [2.75, 3.05) is 20.1 Å². The van der Waals surface area contributed by atoms with Gasteiger partial charge in [0, 0.05) is 19.1 Å². The number of hydrogen-bond donors (Lipinski definition) is 1. The summed E-state index contributed by atoms with van der Waals surface area (Å²) in [5, 5.41) is 12.2. The molecule has 1 unspecified atom stereocenters.